The van der Waals surface area contributed by atoms with Crippen molar-refractivity contribution in [3.05, 3.63) is 28.1 Å². The molecule has 12 heavy (non-hydrogen) atoms. The van der Waals surface area contributed by atoms with Gasteiger partial charge in [0, 0.05) is 18.1 Å². The van der Waals surface area contributed by atoms with Gasteiger partial charge in [0.1, 0.15) is 0 Å². The summed E-state index contributed by atoms with van der Waals surface area (Å²) in [5.41, 5.74) is 2.88. The van der Waals surface area contributed by atoms with E-state index in [0.717, 1.165) is 0 Å². The normalized spacial score (nSPS) is 10.5. The van der Waals surface area contributed by atoms with Crippen LogP contribution in [0.25, 0.3) is 6.08 Å². The molecule has 0 N–H and O–H groups in total. The number of nitrogens with zero attached hydrogens (tertiary/aromatic N) is 1. The molecule has 0 unspecified atom stereocenters. The highest BCUT2D eigenvalue weighted by atomic mass is 32.1. The summed E-state index contributed by atoms with van der Waals surface area (Å²) in [4.78, 5) is 3.19. The number of rotatable bonds is 3. The van der Waals surface area contributed by atoms with Crippen molar-refractivity contribution in [3.8, 4) is 0 Å². The predicted molar refractivity (Wildman–Crippen MR) is 59.5 cm³/mol. The summed E-state index contributed by atoms with van der Waals surface area (Å²) in [7, 11) is 1.92. The quantitative estimate of drug-likeness (QED) is 0.685. The molecule has 0 saturated carbocycles. The molecule has 0 bridgehead atoms. The Balaban J connectivity index is 2.69. The van der Waals surface area contributed by atoms with E-state index in [4.69, 9.17) is 12.2 Å². The van der Waals surface area contributed by atoms with Crippen LogP contribution in [0, 0.1) is 6.92 Å². The molecule has 0 radical (unpaired) electrons. The molecule has 0 aliphatic heterocycles. The molecule has 1 aromatic rings. The van der Waals surface area contributed by atoms with Gasteiger partial charge in [-0.05, 0) is 30.0 Å². The smallest absolute Gasteiger partial charge is 0.0678 e. The van der Waals surface area contributed by atoms with Crippen molar-refractivity contribution in [1.29, 1.82) is 0 Å². The Morgan fingerprint density at radius 2 is 2.33 bits per heavy atom. The van der Waals surface area contributed by atoms with Crippen LogP contribution in [-0.2, 0) is 0 Å². The maximum Gasteiger partial charge on any atom is 0.0678 e. The Labute approximate surface area is 82.3 Å². The van der Waals surface area contributed by atoms with Crippen molar-refractivity contribution in [2.75, 3.05) is 7.05 Å². The molecule has 3 heteroatoms. The van der Waals surface area contributed by atoms with E-state index in [-0.39, 0.29) is 0 Å². The fraction of sp³-hybridized carbons (Fsp3) is 0.222. The Morgan fingerprint density at radius 3 is 2.83 bits per heavy atom. The topological polar surface area (TPSA) is 3.24 Å². The number of aryl methyl sites for hydroxylation is 1. The summed E-state index contributed by atoms with van der Waals surface area (Å²) >= 11 is 6.51. The van der Waals surface area contributed by atoms with Crippen molar-refractivity contribution >= 4 is 35.1 Å². The zero-order valence-electron chi connectivity index (χ0n) is 7.15. The molecule has 0 saturated heterocycles. The third-order valence-electron chi connectivity index (χ3n) is 1.55. The van der Waals surface area contributed by atoms with Gasteiger partial charge in [-0.15, -0.1) is 11.3 Å². The van der Waals surface area contributed by atoms with E-state index >= 15 is 0 Å². The van der Waals surface area contributed by atoms with Crippen LogP contribution >= 0.6 is 23.6 Å². The second-order valence-electron chi connectivity index (χ2n) is 2.52. The van der Waals surface area contributed by atoms with Gasteiger partial charge < -0.3 is 4.90 Å². The van der Waals surface area contributed by atoms with Gasteiger partial charge >= 0.3 is 0 Å². The van der Waals surface area contributed by atoms with Crippen LogP contribution < -0.4 is 0 Å². The minimum Gasteiger partial charge on any atom is -0.348 e. The van der Waals surface area contributed by atoms with Gasteiger partial charge in [-0.1, -0.05) is 12.2 Å². The predicted octanol–water partition coefficient (Wildman–Crippen LogP) is 2.92. The highest BCUT2D eigenvalue weighted by Gasteiger charge is 1.93. The van der Waals surface area contributed by atoms with Crippen molar-refractivity contribution in [2.24, 2.45) is 0 Å². The minimum atomic E-state index is 1.27. The van der Waals surface area contributed by atoms with Crippen molar-refractivity contribution in [1.82, 2.24) is 4.90 Å². The molecule has 0 amide bonds. The molecule has 1 nitrogen and oxygen atoms in total. The molecule has 0 aromatic carbocycles. The lowest BCUT2D eigenvalue weighted by atomic mass is 10.3. The Morgan fingerprint density at radius 1 is 1.58 bits per heavy atom. The molecule has 0 aliphatic carbocycles. The standard InChI is InChI=1S/C9H11NS2/c1-8-9(4-6-12-8)3-5-10(2)7-11/h3-7H,1-2H3/b5-3-. The van der Waals surface area contributed by atoms with Crippen LogP contribution in [0.4, 0.5) is 0 Å². The summed E-state index contributed by atoms with van der Waals surface area (Å²) in [5, 5.41) is 2.09. The molecular formula is C9H11NS2. The average molecular weight is 197 g/mol. The molecule has 0 atom stereocenters. The van der Waals surface area contributed by atoms with E-state index in [1.54, 1.807) is 16.8 Å². The van der Waals surface area contributed by atoms with Crippen molar-refractivity contribution < 1.29 is 0 Å². The van der Waals surface area contributed by atoms with Crippen LogP contribution in [0.2, 0.25) is 0 Å². The molecular weight excluding hydrogens is 186 g/mol. The maximum absolute atomic E-state index is 4.75. The summed E-state index contributed by atoms with van der Waals surface area (Å²) in [5.74, 6) is 0. The van der Waals surface area contributed by atoms with E-state index in [9.17, 15) is 0 Å². The van der Waals surface area contributed by atoms with Gasteiger partial charge in [0.25, 0.3) is 0 Å². The van der Waals surface area contributed by atoms with Gasteiger partial charge in [0.2, 0.25) is 0 Å². The van der Waals surface area contributed by atoms with E-state index in [0.29, 0.717) is 0 Å². The first-order valence-corrected chi connectivity index (χ1v) is 4.98. The first-order valence-electron chi connectivity index (χ1n) is 3.63. The maximum atomic E-state index is 4.75. The fourth-order valence-electron chi connectivity index (χ4n) is 0.801. The van der Waals surface area contributed by atoms with Crippen LogP contribution in [0.3, 0.4) is 0 Å². The lowest BCUT2D eigenvalue weighted by Gasteiger charge is -2.02. The zero-order valence-corrected chi connectivity index (χ0v) is 8.78. The van der Waals surface area contributed by atoms with Gasteiger partial charge in [0.15, 0.2) is 0 Å². The fourth-order valence-corrected chi connectivity index (χ4v) is 1.56. The molecule has 1 aromatic heterocycles. The lowest BCUT2D eigenvalue weighted by molar-refractivity contribution is 0.728. The SMILES string of the molecule is Cc1sccc1/C=C\N(C)C=S. The highest BCUT2D eigenvalue weighted by Crippen LogP contribution is 2.16. The summed E-state index contributed by atoms with van der Waals surface area (Å²) in [6.07, 6.45) is 4.02. The second kappa shape index (κ2) is 4.38. The van der Waals surface area contributed by atoms with Crippen molar-refractivity contribution in [3.63, 3.8) is 0 Å². The number of hydrogen-bond donors (Lipinski definition) is 0. The molecule has 64 valence electrons. The number of hydrogen-bond acceptors (Lipinski definition) is 2. The summed E-state index contributed by atoms with van der Waals surface area (Å²) in [6.45, 7) is 2.11. The Kier molecular flexibility index (Phi) is 3.44. The molecule has 1 rings (SSSR count). The monoisotopic (exact) mass is 197 g/mol. The second-order valence-corrected chi connectivity index (χ2v) is 3.85. The van der Waals surface area contributed by atoms with E-state index in [2.05, 4.69) is 24.4 Å². The lowest BCUT2D eigenvalue weighted by Crippen LogP contribution is -2.03. The van der Waals surface area contributed by atoms with Gasteiger partial charge in [0.05, 0.1) is 5.49 Å². The zero-order chi connectivity index (χ0) is 8.97. The van der Waals surface area contributed by atoms with E-state index in [1.165, 1.54) is 10.4 Å². The van der Waals surface area contributed by atoms with Crippen LogP contribution in [0.1, 0.15) is 10.4 Å². The number of thiophene rings is 1. The Hall–Kier alpha value is -0.670. The highest BCUT2D eigenvalue weighted by molar-refractivity contribution is 7.78. The number of thiocarbonyl (C=S) groups is 1. The largest absolute Gasteiger partial charge is 0.348 e. The molecule has 0 aliphatic rings. The van der Waals surface area contributed by atoms with Gasteiger partial charge in [-0.3, -0.25) is 0 Å². The van der Waals surface area contributed by atoms with Gasteiger partial charge in [-0.2, -0.15) is 0 Å². The first kappa shape index (κ1) is 9.42. The average Bonchev–Trinajstić information content (AvgIpc) is 2.47. The Bertz CT molecular complexity index is 288. The third-order valence-corrected chi connectivity index (χ3v) is 2.75. The first-order chi connectivity index (χ1) is 5.74. The molecule has 1 heterocycles. The van der Waals surface area contributed by atoms with Crippen LogP contribution in [-0.4, -0.2) is 17.4 Å². The van der Waals surface area contributed by atoms with Crippen LogP contribution in [0.5, 0.6) is 0 Å². The molecule has 0 fully saturated rings. The van der Waals surface area contributed by atoms with E-state index in [1.807, 2.05) is 18.1 Å². The van der Waals surface area contributed by atoms with Gasteiger partial charge in [-0.25, -0.2) is 0 Å². The van der Waals surface area contributed by atoms with Crippen LogP contribution in [0.15, 0.2) is 17.6 Å². The summed E-state index contributed by atoms with van der Waals surface area (Å²) < 4.78 is 0. The van der Waals surface area contributed by atoms with E-state index < -0.39 is 0 Å². The molecule has 0 spiro atoms. The summed E-state index contributed by atoms with van der Waals surface area (Å²) in [6, 6.07) is 2.10. The minimum absolute atomic E-state index is 1.27. The van der Waals surface area contributed by atoms with Crippen molar-refractivity contribution in [2.45, 2.75) is 6.92 Å². The third kappa shape index (κ3) is 2.43.